The molecule has 0 aromatic heterocycles. The Morgan fingerprint density at radius 2 is 1.43 bits per heavy atom. The van der Waals surface area contributed by atoms with Crippen LogP contribution in [0.3, 0.4) is 0 Å². The number of rotatable bonds is 5. The van der Waals surface area contributed by atoms with E-state index < -0.39 is 23.5 Å². The summed E-state index contributed by atoms with van der Waals surface area (Å²) >= 11 is 0. The Labute approximate surface area is 118 Å². The van der Waals surface area contributed by atoms with E-state index in [1.165, 1.54) is 0 Å². The van der Waals surface area contributed by atoms with Gasteiger partial charge < -0.3 is 10.6 Å². The third-order valence-electron chi connectivity index (χ3n) is 2.84. The van der Waals surface area contributed by atoms with Gasteiger partial charge in [-0.2, -0.15) is 26.3 Å². The molecule has 120 valence electrons. The molecular weight excluding hydrogens is 298 g/mol. The van der Waals surface area contributed by atoms with Gasteiger partial charge in [0.05, 0.1) is 11.1 Å². The van der Waals surface area contributed by atoms with Crippen LogP contribution in [0.25, 0.3) is 0 Å². The van der Waals surface area contributed by atoms with Crippen LogP contribution in [0.4, 0.5) is 26.3 Å². The Kier molecular flexibility index (Phi) is 5.63. The molecule has 0 atom stereocenters. The SMILES string of the molecule is CN(CCCN)Cc1cc(C(F)(F)F)cc(C(F)(F)F)c1. The van der Waals surface area contributed by atoms with E-state index >= 15 is 0 Å². The normalized spacial score (nSPS) is 13.0. The van der Waals surface area contributed by atoms with E-state index in [1.807, 2.05) is 0 Å². The summed E-state index contributed by atoms with van der Waals surface area (Å²) in [5.74, 6) is 0. The number of halogens is 6. The second kappa shape index (κ2) is 6.65. The van der Waals surface area contributed by atoms with Gasteiger partial charge in [0.1, 0.15) is 0 Å². The Bertz CT molecular complexity index is 434. The van der Waals surface area contributed by atoms with Gasteiger partial charge in [-0.25, -0.2) is 0 Å². The summed E-state index contributed by atoms with van der Waals surface area (Å²) in [5, 5.41) is 0. The lowest BCUT2D eigenvalue weighted by Crippen LogP contribution is -2.22. The molecule has 0 saturated heterocycles. The molecule has 8 heteroatoms. The minimum Gasteiger partial charge on any atom is -0.330 e. The molecule has 0 unspecified atom stereocenters. The standard InChI is InChI=1S/C13H16F6N2/c1-21(4-2-3-20)8-9-5-10(12(14,15)16)7-11(6-9)13(17,18)19/h5-7H,2-4,8,20H2,1H3. The summed E-state index contributed by atoms with van der Waals surface area (Å²) in [6.07, 6.45) is -9.01. The van der Waals surface area contributed by atoms with Crippen molar-refractivity contribution in [2.75, 3.05) is 20.1 Å². The number of hydrogen-bond acceptors (Lipinski definition) is 2. The lowest BCUT2D eigenvalue weighted by molar-refractivity contribution is -0.143. The lowest BCUT2D eigenvalue weighted by Gasteiger charge is -2.19. The highest BCUT2D eigenvalue weighted by molar-refractivity contribution is 5.33. The Hall–Kier alpha value is -1.28. The lowest BCUT2D eigenvalue weighted by atomic mass is 10.0. The minimum atomic E-state index is -4.81. The van der Waals surface area contributed by atoms with Crippen LogP contribution in [0.15, 0.2) is 18.2 Å². The van der Waals surface area contributed by atoms with Gasteiger partial charge in [-0.3, -0.25) is 0 Å². The van der Waals surface area contributed by atoms with Gasteiger partial charge >= 0.3 is 12.4 Å². The molecule has 0 saturated carbocycles. The van der Waals surface area contributed by atoms with Gasteiger partial charge in [0, 0.05) is 6.54 Å². The zero-order chi connectivity index (χ0) is 16.3. The zero-order valence-corrected chi connectivity index (χ0v) is 11.4. The summed E-state index contributed by atoms with van der Waals surface area (Å²) in [6.45, 7) is 0.891. The van der Waals surface area contributed by atoms with Crippen LogP contribution < -0.4 is 5.73 Å². The molecule has 1 rings (SSSR count). The average Bonchev–Trinajstić information content (AvgIpc) is 2.34. The van der Waals surface area contributed by atoms with Gasteiger partial charge in [0.2, 0.25) is 0 Å². The maximum atomic E-state index is 12.7. The van der Waals surface area contributed by atoms with E-state index in [0.717, 1.165) is 12.1 Å². The topological polar surface area (TPSA) is 29.3 Å². The van der Waals surface area contributed by atoms with E-state index in [2.05, 4.69) is 0 Å². The summed E-state index contributed by atoms with van der Waals surface area (Å²) in [4.78, 5) is 1.63. The Balaban J connectivity index is 3.08. The molecule has 0 amide bonds. The first-order chi connectivity index (χ1) is 9.54. The summed E-state index contributed by atoms with van der Waals surface area (Å²) in [6, 6.07) is 1.62. The van der Waals surface area contributed by atoms with Crippen molar-refractivity contribution in [2.24, 2.45) is 5.73 Å². The highest BCUT2D eigenvalue weighted by Crippen LogP contribution is 2.36. The number of nitrogens with zero attached hydrogens (tertiary/aromatic N) is 1. The molecule has 0 radical (unpaired) electrons. The minimum absolute atomic E-state index is 0.00694. The number of benzene rings is 1. The van der Waals surface area contributed by atoms with Crippen LogP contribution in [-0.4, -0.2) is 25.0 Å². The van der Waals surface area contributed by atoms with Gasteiger partial charge in [-0.15, -0.1) is 0 Å². The molecule has 0 aliphatic carbocycles. The van der Waals surface area contributed by atoms with Crippen molar-refractivity contribution < 1.29 is 26.3 Å². The first-order valence-corrected chi connectivity index (χ1v) is 6.21. The van der Waals surface area contributed by atoms with Crippen molar-refractivity contribution in [3.05, 3.63) is 34.9 Å². The van der Waals surface area contributed by atoms with Crippen LogP contribution >= 0.6 is 0 Å². The van der Waals surface area contributed by atoms with Gasteiger partial charge in [-0.1, -0.05) is 0 Å². The fourth-order valence-corrected chi connectivity index (χ4v) is 1.86. The molecule has 1 aromatic carbocycles. The van der Waals surface area contributed by atoms with E-state index in [0.29, 0.717) is 19.5 Å². The molecule has 1 aromatic rings. The molecular formula is C13H16F6N2. The van der Waals surface area contributed by atoms with E-state index in [1.54, 1.807) is 11.9 Å². The third kappa shape index (κ3) is 5.55. The fourth-order valence-electron chi connectivity index (χ4n) is 1.86. The Morgan fingerprint density at radius 1 is 0.952 bits per heavy atom. The monoisotopic (exact) mass is 314 g/mol. The predicted octanol–water partition coefficient (Wildman–Crippen LogP) is 3.50. The van der Waals surface area contributed by atoms with Crippen molar-refractivity contribution in [3.63, 3.8) is 0 Å². The van der Waals surface area contributed by atoms with E-state index in [4.69, 9.17) is 5.73 Å². The molecule has 21 heavy (non-hydrogen) atoms. The van der Waals surface area contributed by atoms with Crippen LogP contribution in [0.1, 0.15) is 23.1 Å². The molecule has 0 spiro atoms. The maximum Gasteiger partial charge on any atom is 0.416 e. The number of hydrogen-bond donors (Lipinski definition) is 1. The quantitative estimate of drug-likeness (QED) is 0.843. The summed E-state index contributed by atoms with van der Waals surface area (Å²) in [7, 11) is 1.61. The highest BCUT2D eigenvalue weighted by Gasteiger charge is 2.36. The van der Waals surface area contributed by atoms with Gasteiger partial charge in [-0.05, 0) is 50.3 Å². The molecule has 2 N–H and O–H groups in total. The maximum absolute atomic E-state index is 12.7. The molecule has 0 heterocycles. The van der Waals surface area contributed by atoms with Crippen LogP contribution in [0.5, 0.6) is 0 Å². The molecule has 2 nitrogen and oxygen atoms in total. The predicted molar refractivity (Wildman–Crippen MR) is 66.5 cm³/mol. The van der Waals surface area contributed by atoms with Crippen molar-refractivity contribution in [1.29, 1.82) is 0 Å². The van der Waals surface area contributed by atoms with Crippen molar-refractivity contribution in [1.82, 2.24) is 4.90 Å². The zero-order valence-electron chi connectivity index (χ0n) is 11.4. The first kappa shape index (κ1) is 17.8. The van der Waals surface area contributed by atoms with Crippen LogP contribution in [0, 0.1) is 0 Å². The number of nitrogens with two attached hydrogens (primary N) is 1. The number of alkyl halides is 6. The highest BCUT2D eigenvalue weighted by atomic mass is 19.4. The molecule has 0 aliphatic heterocycles. The van der Waals surface area contributed by atoms with Gasteiger partial charge in [0.25, 0.3) is 0 Å². The largest absolute Gasteiger partial charge is 0.416 e. The Morgan fingerprint density at radius 3 is 1.81 bits per heavy atom. The third-order valence-corrected chi connectivity index (χ3v) is 2.84. The van der Waals surface area contributed by atoms with E-state index in [-0.39, 0.29) is 18.2 Å². The summed E-state index contributed by atoms with van der Waals surface area (Å²) < 4.78 is 76.1. The van der Waals surface area contributed by atoms with Crippen LogP contribution in [0.2, 0.25) is 0 Å². The second-order valence-corrected chi connectivity index (χ2v) is 4.79. The molecule has 0 bridgehead atoms. The van der Waals surface area contributed by atoms with E-state index in [9.17, 15) is 26.3 Å². The summed E-state index contributed by atoms with van der Waals surface area (Å²) in [5.41, 5.74) is 2.69. The fraction of sp³-hybridized carbons (Fsp3) is 0.538. The smallest absolute Gasteiger partial charge is 0.330 e. The molecule has 0 fully saturated rings. The second-order valence-electron chi connectivity index (χ2n) is 4.79. The average molecular weight is 314 g/mol. The first-order valence-electron chi connectivity index (χ1n) is 6.21. The van der Waals surface area contributed by atoms with Crippen molar-refractivity contribution in [3.8, 4) is 0 Å². The van der Waals surface area contributed by atoms with Gasteiger partial charge in [0.15, 0.2) is 0 Å². The van der Waals surface area contributed by atoms with Crippen LogP contribution in [-0.2, 0) is 18.9 Å². The molecule has 0 aliphatic rings. The van der Waals surface area contributed by atoms with Crippen molar-refractivity contribution in [2.45, 2.75) is 25.3 Å². The van der Waals surface area contributed by atoms with Crippen molar-refractivity contribution >= 4 is 0 Å².